The molecule has 1 saturated carbocycles. The van der Waals surface area contributed by atoms with Gasteiger partial charge in [0.1, 0.15) is 6.04 Å². The monoisotopic (exact) mass is 498 g/mol. The summed E-state index contributed by atoms with van der Waals surface area (Å²) in [6.45, 7) is 0.889. The minimum atomic E-state index is -0.680. The van der Waals surface area contributed by atoms with E-state index in [0.717, 1.165) is 24.8 Å². The molecule has 0 unspecified atom stereocenters. The molecule has 3 atom stereocenters. The lowest BCUT2D eigenvalue weighted by molar-refractivity contribution is -0.140. The van der Waals surface area contributed by atoms with E-state index in [1.165, 1.54) is 19.3 Å². The fourth-order valence-corrected chi connectivity index (χ4v) is 5.40. The van der Waals surface area contributed by atoms with Gasteiger partial charge in [-0.2, -0.15) is 0 Å². The Morgan fingerprint density at radius 3 is 2.44 bits per heavy atom. The maximum absolute atomic E-state index is 13.3. The zero-order valence-electron chi connectivity index (χ0n) is 21.2. The Labute approximate surface area is 214 Å². The van der Waals surface area contributed by atoms with Crippen molar-refractivity contribution in [2.75, 3.05) is 13.1 Å². The lowest BCUT2D eigenvalue weighted by atomic mass is 9.84. The first kappa shape index (κ1) is 27.6. The van der Waals surface area contributed by atoms with Crippen molar-refractivity contribution in [3.63, 3.8) is 0 Å². The predicted octanol–water partition coefficient (Wildman–Crippen LogP) is 1.63. The molecule has 198 valence electrons. The number of amides is 2. The number of aliphatic imine (C=N–C) groups is 1. The van der Waals surface area contributed by atoms with Gasteiger partial charge in [-0.15, -0.1) is 0 Å². The van der Waals surface area contributed by atoms with Gasteiger partial charge in [0.15, 0.2) is 11.7 Å². The zero-order valence-corrected chi connectivity index (χ0v) is 21.2. The highest BCUT2D eigenvalue weighted by atomic mass is 16.2. The molecule has 0 aromatic heterocycles. The van der Waals surface area contributed by atoms with E-state index in [0.29, 0.717) is 44.7 Å². The van der Waals surface area contributed by atoms with Crippen LogP contribution < -0.4 is 22.5 Å². The largest absolute Gasteiger partial charge is 0.370 e. The van der Waals surface area contributed by atoms with Crippen LogP contribution in [0.2, 0.25) is 0 Å². The van der Waals surface area contributed by atoms with Gasteiger partial charge in [0.25, 0.3) is 0 Å². The molecule has 1 saturated heterocycles. The molecule has 1 aliphatic carbocycles. The van der Waals surface area contributed by atoms with Gasteiger partial charge in [0.05, 0.1) is 12.1 Å². The van der Waals surface area contributed by atoms with Crippen LogP contribution >= 0.6 is 0 Å². The molecule has 36 heavy (non-hydrogen) atoms. The Hall–Kier alpha value is -2.94. The van der Waals surface area contributed by atoms with E-state index in [1.54, 1.807) is 4.90 Å². The van der Waals surface area contributed by atoms with E-state index in [-0.39, 0.29) is 30.0 Å². The Bertz CT molecular complexity index is 896. The van der Waals surface area contributed by atoms with Crippen LogP contribution in [-0.2, 0) is 20.8 Å². The number of carbonyl (C=O) groups is 3. The zero-order chi connectivity index (χ0) is 25.9. The molecule has 3 rings (SSSR count). The van der Waals surface area contributed by atoms with Gasteiger partial charge in [-0.3, -0.25) is 19.4 Å². The summed E-state index contributed by atoms with van der Waals surface area (Å²) in [6.07, 6.45) is 9.05. The van der Waals surface area contributed by atoms with Gasteiger partial charge in [-0.05, 0) is 43.6 Å². The minimum Gasteiger partial charge on any atom is -0.370 e. The third kappa shape index (κ3) is 8.33. The van der Waals surface area contributed by atoms with E-state index < -0.39 is 18.1 Å². The molecule has 0 bridgehead atoms. The molecule has 1 aromatic carbocycles. The number of hydrogen-bond donors (Lipinski definition) is 4. The highest BCUT2D eigenvalue weighted by Crippen LogP contribution is 2.28. The van der Waals surface area contributed by atoms with Gasteiger partial charge in [0, 0.05) is 19.5 Å². The number of nitrogens with two attached hydrogens (primary N) is 3. The molecule has 1 heterocycles. The number of Topliss-reactive ketones (excluding diaryl/α,β-unsaturated/α-hetero) is 1. The van der Waals surface area contributed by atoms with Gasteiger partial charge in [-0.1, -0.05) is 62.4 Å². The number of nitrogens with one attached hydrogen (secondary N) is 1. The van der Waals surface area contributed by atoms with Crippen LogP contribution in [0.4, 0.5) is 0 Å². The maximum atomic E-state index is 13.3. The van der Waals surface area contributed by atoms with E-state index >= 15 is 0 Å². The average Bonchev–Trinajstić information content (AvgIpc) is 3.36. The molecular weight excluding hydrogens is 456 g/mol. The first-order chi connectivity index (χ1) is 17.3. The molecule has 1 aromatic rings. The summed E-state index contributed by atoms with van der Waals surface area (Å²) in [5.41, 5.74) is 18.0. The van der Waals surface area contributed by atoms with Crippen molar-refractivity contribution in [3.8, 4) is 0 Å². The smallest absolute Gasteiger partial charge is 0.243 e. The number of benzene rings is 1. The number of rotatable bonds is 12. The van der Waals surface area contributed by atoms with Crippen molar-refractivity contribution in [2.24, 2.45) is 28.1 Å². The minimum absolute atomic E-state index is 0.00382. The van der Waals surface area contributed by atoms with Crippen molar-refractivity contribution in [1.82, 2.24) is 10.2 Å². The van der Waals surface area contributed by atoms with Crippen LogP contribution in [0.15, 0.2) is 35.3 Å². The lowest BCUT2D eigenvalue weighted by Crippen LogP contribution is -2.54. The molecule has 1 aliphatic heterocycles. The van der Waals surface area contributed by atoms with Gasteiger partial charge < -0.3 is 27.4 Å². The Morgan fingerprint density at radius 2 is 1.75 bits per heavy atom. The van der Waals surface area contributed by atoms with Crippen LogP contribution in [0.3, 0.4) is 0 Å². The lowest BCUT2D eigenvalue weighted by Gasteiger charge is -2.30. The second-order valence-electron chi connectivity index (χ2n) is 10.2. The number of likely N-dealkylation sites (tertiary alicyclic amines) is 1. The summed E-state index contributed by atoms with van der Waals surface area (Å²) in [5, 5.41) is 2.94. The van der Waals surface area contributed by atoms with Crippen molar-refractivity contribution in [3.05, 3.63) is 35.9 Å². The Morgan fingerprint density at radius 1 is 1.03 bits per heavy atom. The first-order valence-electron chi connectivity index (χ1n) is 13.3. The summed E-state index contributed by atoms with van der Waals surface area (Å²) < 4.78 is 0. The molecule has 2 aliphatic rings. The summed E-state index contributed by atoms with van der Waals surface area (Å²) in [6, 6.07) is 7.58. The van der Waals surface area contributed by atoms with Crippen molar-refractivity contribution in [2.45, 2.75) is 88.8 Å². The topological polar surface area (TPSA) is 157 Å². The van der Waals surface area contributed by atoms with E-state index in [9.17, 15) is 14.4 Å². The van der Waals surface area contributed by atoms with Crippen LogP contribution in [0.25, 0.3) is 0 Å². The van der Waals surface area contributed by atoms with E-state index in [1.807, 2.05) is 30.3 Å². The molecule has 0 spiro atoms. The van der Waals surface area contributed by atoms with Crippen LogP contribution in [-0.4, -0.2) is 59.7 Å². The fourth-order valence-electron chi connectivity index (χ4n) is 5.40. The molecule has 7 N–H and O–H groups in total. The summed E-state index contributed by atoms with van der Waals surface area (Å²) in [5.74, 6) is -0.0464. The average molecular weight is 499 g/mol. The number of ketones is 1. The molecule has 9 nitrogen and oxygen atoms in total. The molecule has 2 amide bonds. The predicted molar refractivity (Wildman–Crippen MR) is 141 cm³/mol. The Balaban J connectivity index is 1.62. The molecule has 9 heteroatoms. The number of hydrogen-bond acceptors (Lipinski definition) is 5. The van der Waals surface area contributed by atoms with E-state index in [4.69, 9.17) is 17.2 Å². The van der Waals surface area contributed by atoms with Crippen LogP contribution in [0.1, 0.15) is 69.8 Å². The number of carbonyl (C=O) groups excluding carboxylic acids is 3. The second-order valence-corrected chi connectivity index (χ2v) is 10.2. The van der Waals surface area contributed by atoms with E-state index in [2.05, 4.69) is 10.3 Å². The SMILES string of the molecule is NC(N)=NCCC[C@H](NC(=O)[C@@H]1CCCN1C(=O)[C@H](N)CC1CCCCC1)C(=O)Cc1ccccc1. The second kappa shape index (κ2) is 14.0. The highest BCUT2D eigenvalue weighted by Gasteiger charge is 2.38. The summed E-state index contributed by atoms with van der Waals surface area (Å²) >= 11 is 0. The third-order valence-electron chi connectivity index (χ3n) is 7.34. The molecule has 2 fully saturated rings. The Kier molecular flexibility index (Phi) is 10.7. The third-order valence-corrected chi connectivity index (χ3v) is 7.34. The fraction of sp³-hybridized carbons (Fsp3) is 0.630. The van der Waals surface area contributed by atoms with Gasteiger partial charge >= 0.3 is 0 Å². The summed E-state index contributed by atoms with van der Waals surface area (Å²) in [7, 11) is 0. The van der Waals surface area contributed by atoms with Gasteiger partial charge in [-0.25, -0.2) is 0 Å². The standard InChI is InChI=1S/C27H42N6O3/c28-21(17-19-9-3-1-4-10-19)26(36)33-16-8-14-23(33)25(35)32-22(13-7-15-31-27(29)30)24(34)18-20-11-5-2-6-12-20/h2,5-6,11-12,19,21-23H,1,3-4,7-10,13-18,28H2,(H,32,35)(H4,29,30,31)/t21-,22+,23+/m1/s1. The van der Waals surface area contributed by atoms with Crippen molar-refractivity contribution < 1.29 is 14.4 Å². The van der Waals surface area contributed by atoms with Crippen LogP contribution in [0, 0.1) is 5.92 Å². The quantitative estimate of drug-likeness (QED) is 0.195. The normalized spacial score (nSPS) is 19.9. The summed E-state index contributed by atoms with van der Waals surface area (Å²) in [4.78, 5) is 45.2. The van der Waals surface area contributed by atoms with Gasteiger partial charge in [0.2, 0.25) is 11.8 Å². The first-order valence-corrected chi connectivity index (χ1v) is 13.3. The highest BCUT2D eigenvalue weighted by molar-refractivity contribution is 5.94. The van der Waals surface area contributed by atoms with Crippen molar-refractivity contribution >= 4 is 23.6 Å². The maximum Gasteiger partial charge on any atom is 0.243 e. The number of nitrogens with zero attached hydrogens (tertiary/aromatic N) is 2. The molecule has 0 radical (unpaired) electrons. The molecular formula is C27H42N6O3. The van der Waals surface area contributed by atoms with Crippen LogP contribution in [0.5, 0.6) is 0 Å². The number of guanidine groups is 1. The van der Waals surface area contributed by atoms with Crippen molar-refractivity contribution in [1.29, 1.82) is 0 Å².